The van der Waals surface area contributed by atoms with Gasteiger partial charge >= 0.3 is 5.69 Å². The van der Waals surface area contributed by atoms with Gasteiger partial charge in [0, 0.05) is 35.2 Å². The lowest BCUT2D eigenvalue weighted by molar-refractivity contribution is -0.688. The molecule has 2 aromatic carbocycles. The van der Waals surface area contributed by atoms with E-state index in [1.807, 2.05) is 36.7 Å². The third kappa shape index (κ3) is 5.20. The third-order valence-corrected chi connectivity index (χ3v) is 5.06. The zero-order valence-electron chi connectivity index (χ0n) is 16.8. The molecule has 0 aliphatic carbocycles. The van der Waals surface area contributed by atoms with Crippen LogP contribution < -0.4 is 9.99 Å². The van der Waals surface area contributed by atoms with Crippen LogP contribution in [0.25, 0.3) is 0 Å². The average Bonchev–Trinajstić information content (AvgIpc) is 2.74. The molecule has 0 fully saturated rings. The fourth-order valence-electron chi connectivity index (χ4n) is 2.92. The van der Waals surface area contributed by atoms with E-state index >= 15 is 0 Å². The maximum Gasteiger partial charge on any atom is 0.301 e. The molecule has 0 unspecified atom stereocenters. The summed E-state index contributed by atoms with van der Waals surface area (Å²) in [6, 6.07) is 14.4. The minimum absolute atomic E-state index is 0.0491. The monoisotopic (exact) mass is 440 g/mol. The van der Waals surface area contributed by atoms with Gasteiger partial charge in [0.05, 0.1) is 15.9 Å². The van der Waals surface area contributed by atoms with E-state index in [1.54, 1.807) is 24.3 Å². The second kappa shape index (κ2) is 9.31. The number of pyridine rings is 1. The zero-order chi connectivity index (χ0) is 22.5. The molecule has 158 valence electrons. The molecule has 1 aromatic heterocycles. The molecular formula is C21H19ClN5O4+. The Bertz CT molecular complexity index is 1180. The third-order valence-electron chi connectivity index (χ3n) is 4.81. The lowest BCUT2D eigenvalue weighted by Crippen LogP contribution is -2.41. The molecule has 0 spiro atoms. The quantitative estimate of drug-likeness (QED) is 0.250. The van der Waals surface area contributed by atoms with Crippen LogP contribution in [0.5, 0.6) is 0 Å². The van der Waals surface area contributed by atoms with Crippen LogP contribution in [0.3, 0.4) is 0 Å². The summed E-state index contributed by atoms with van der Waals surface area (Å²) in [6.07, 6.45) is 1.92. The van der Waals surface area contributed by atoms with E-state index in [1.165, 1.54) is 12.1 Å². The van der Waals surface area contributed by atoms with Crippen LogP contribution in [0.4, 0.5) is 17.1 Å². The highest BCUT2D eigenvalue weighted by Gasteiger charge is 2.20. The van der Waals surface area contributed by atoms with E-state index in [0.29, 0.717) is 17.3 Å². The maximum atomic E-state index is 11.4. The predicted octanol–water partition coefficient (Wildman–Crippen LogP) is 4.58. The number of anilines is 1. The van der Waals surface area contributed by atoms with Crippen LogP contribution in [0.1, 0.15) is 16.8 Å². The van der Waals surface area contributed by atoms with Crippen LogP contribution in [-0.4, -0.2) is 15.6 Å². The average molecular weight is 441 g/mol. The van der Waals surface area contributed by atoms with Gasteiger partial charge in [0.15, 0.2) is 18.4 Å². The molecule has 3 aromatic rings. The van der Waals surface area contributed by atoms with Crippen molar-refractivity contribution >= 4 is 34.4 Å². The summed E-state index contributed by atoms with van der Waals surface area (Å²) >= 11 is 6.00. The van der Waals surface area contributed by atoms with Crippen LogP contribution >= 0.6 is 11.6 Å². The summed E-state index contributed by atoms with van der Waals surface area (Å²) in [5.41, 5.74) is 5.48. The number of aromatic nitrogens is 1. The first-order valence-corrected chi connectivity index (χ1v) is 9.61. The number of hydrazone groups is 1. The van der Waals surface area contributed by atoms with Crippen molar-refractivity contribution < 1.29 is 14.4 Å². The second-order valence-corrected chi connectivity index (χ2v) is 7.23. The molecule has 0 radical (unpaired) electrons. The van der Waals surface area contributed by atoms with Gasteiger partial charge in [0.25, 0.3) is 5.69 Å². The molecule has 1 heterocycles. The van der Waals surface area contributed by atoms with Gasteiger partial charge in [0.1, 0.15) is 11.4 Å². The Morgan fingerprint density at radius 2 is 1.77 bits per heavy atom. The number of rotatable bonds is 7. The van der Waals surface area contributed by atoms with E-state index in [-0.39, 0.29) is 11.4 Å². The number of hydrogen-bond acceptors (Lipinski definition) is 6. The highest BCUT2D eigenvalue weighted by atomic mass is 35.5. The largest absolute Gasteiger partial charge is 0.301 e. The molecule has 0 amide bonds. The van der Waals surface area contributed by atoms with Gasteiger partial charge in [-0.15, -0.1) is 0 Å². The highest BCUT2D eigenvalue weighted by Crippen LogP contribution is 2.29. The second-order valence-electron chi connectivity index (χ2n) is 6.80. The van der Waals surface area contributed by atoms with Crippen molar-refractivity contribution in [3.8, 4) is 0 Å². The highest BCUT2D eigenvalue weighted by molar-refractivity contribution is 6.30. The summed E-state index contributed by atoms with van der Waals surface area (Å²) in [4.78, 5) is 21.0. The fourth-order valence-corrected chi connectivity index (χ4v) is 3.05. The Balaban J connectivity index is 2.01. The molecule has 0 bridgehead atoms. The summed E-state index contributed by atoms with van der Waals surface area (Å²) < 4.78 is 2.01. The van der Waals surface area contributed by atoms with Crippen molar-refractivity contribution in [3.63, 3.8) is 0 Å². The van der Waals surface area contributed by atoms with Crippen LogP contribution in [0.15, 0.2) is 65.9 Å². The summed E-state index contributed by atoms with van der Waals surface area (Å²) in [5.74, 6) is 0. The molecule has 0 aliphatic rings. The summed E-state index contributed by atoms with van der Waals surface area (Å²) in [6.45, 7) is 4.38. The number of nitrogens with zero attached hydrogens (tertiary/aromatic N) is 4. The van der Waals surface area contributed by atoms with Crippen molar-refractivity contribution in [2.45, 2.75) is 20.4 Å². The van der Waals surface area contributed by atoms with Crippen molar-refractivity contribution in [1.82, 2.24) is 0 Å². The van der Waals surface area contributed by atoms with Crippen molar-refractivity contribution in [3.05, 3.63) is 103 Å². The Morgan fingerprint density at radius 1 is 1.06 bits per heavy atom. The van der Waals surface area contributed by atoms with Gasteiger partial charge in [-0.25, -0.2) is 0 Å². The van der Waals surface area contributed by atoms with Crippen molar-refractivity contribution in [2.75, 3.05) is 5.43 Å². The van der Waals surface area contributed by atoms with Gasteiger partial charge < -0.3 is 0 Å². The number of nitrogens with one attached hydrogen (secondary N) is 1. The van der Waals surface area contributed by atoms with Crippen molar-refractivity contribution in [1.29, 1.82) is 0 Å². The molecule has 1 N–H and O–H groups in total. The van der Waals surface area contributed by atoms with E-state index < -0.39 is 15.5 Å². The number of halogens is 1. The van der Waals surface area contributed by atoms with E-state index in [2.05, 4.69) is 10.5 Å². The van der Waals surface area contributed by atoms with Crippen LogP contribution in [-0.2, 0) is 6.54 Å². The Morgan fingerprint density at radius 3 is 2.42 bits per heavy atom. The fraction of sp³-hybridized carbons (Fsp3) is 0.143. The van der Waals surface area contributed by atoms with E-state index in [0.717, 1.165) is 22.9 Å². The molecular weight excluding hydrogens is 422 g/mol. The first-order chi connectivity index (χ1) is 14.8. The van der Waals surface area contributed by atoms with Gasteiger partial charge in [-0.3, -0.25) is 25.7 Å². The molecule has 0 atom stereocenters. The number of aryl methyl sites for hydroxylation is 1. The molecule has 3 rings (SSSR count). The van der Waals surface area contributed by atoms with Crippen LogP contribution in [0.2, 0.25) is 5.02 Å². The van der Waals surface area contributed by atoms with E-state index in [9.17, 15) is 20.2 Å². The molecule has 10 heteroatoms. The molecule has 0 saturated carbocycles. The molecule has 0 saturated heterocycles. The van der Waals surface area contributed by atoms with Gasteiger partial charge in [-0.2, -0.15) is 9.67 Å². The number of nitro benzene ring substituents is 2. The van der Waals surface area contributed by atoms with Gasteiger partial charge in [-0.1, -0.05) is 23.7 Å². The topological polar surface area (TPSA) is 115 Å². The first kappa shape index (κ1) is 21.8. The minimum Gasteiger partial charge on any atom is -0.271 e. The molecule has 31 heavy (non-hydrogen) atoms. The zero-order valence-corrected chi connectivity index (χ0v) is 17.5. The molecule has 9 nitrogen and oxygen atoms in total. The van der Waals surface area contributed by atoms with E-state index in [4.69, 9.17) is 11.6 Å². The number of hydrogen-bond donors (Lipinski definition) is 1. The Labute approximate surface area is 182 Å². The number of benzene rings is 2. The van der Waals surface area contributed by atoms with Gasteiger partial charge in [0.2, 0.25) is 0 Å². The lowest BCUT2D eigenvalue weighted by atomic mass is 10.1. The first-order valence-electron chi connectivity index (χ1n) is 9.23. The number of non-ortho nitro benzene ring substituents is 1. The minimum atomic E-state index is -0.688. The Kier molecular flexibility index (Phi) is 6.56. The standard InChI is InChI=1S/C21H19ClN5O4/c1-14-4-3-11-25(15(14)2)13-20(16-5-7-17(22)8-6-16)24-23-19-10-9-18(26(28)29)12-21(19)27(30)31/h3-12,23H,13H2,1-2H3/q+1/b24-20-. The molecule has 0 aliphatic heterocycles. The Hall–Kier alpha value is -3.85. The summed E-state index contributed by atoms with van der Waals surface area (Å²) in [5, 5.41) is 27.3. The SMILES string of the molecule is Cc1ccc[n+](C/C(=N/Nc2ccc([N+](=O)[O-])cc2[N+](=O)[O-])c2ccc(Cl)cc2)c1C. The lowest BCUT2D eigenvalue weighted by Gasteiger charge is -2.08. The van der Waals surface area contributed by atoms with Crippen LogP contribution in [0, 0.1) is 34.1 Å². The predicted molar refractivity (Wildman–Crippen MR) is 117 cm³/mol. The number of nitro groups is 2. The van der Waals surface area contributed by atoms with Gasteiger partial charge in [-0.05, 0) is 31.2 Å². The normalized spacial score (nSPS) is 11.3. The maximum absolute atomic E-state index is 11.4. The van der Waals surface area contributed by atoms with Crippen molar-refractivity contribution in [2.24, 2.45) is 5.10 Å². The summed E-state index contributed by atoms with van der Waals surface area (Å²) in [7, 11) is 0. The smallest absolute Gasteiger partial charge is 0.271 e.